The number of anilines is 2. The molecule has 1 unspecified atom stereocenters. The fourth-order valence-corrected chi connectivity index (χ4v) is 4.79. The number of nitrogens with one attached hydrogen (secondary N) is 2. The number of amides is 2. The summed E-state index contributed by atoms with van der Waals surface area (Å²) in [6, 6.07) is 13.6. The number of carbonyl (C=O) groups excluding carboxylic acids is 3. The molecule has 1 saturated heterocycles. The molecule has 1 aliphatic heterocycles. The van der Waals surface area contributed by atoms with Crippen LogP contribution in [0.25, 0.3) is 10.9 Å². The first-order valence-electron chi connectivity index (χ1n) is 11.3. The maximum absolute atomic E-state index is 13.6. The summed E-state index contributed by atoms with van der Waals surface area (Å²) < 4.78 is 0. The van der Waals surface area contributed by atoms with Gasteiger partial charge in [0.1, 0.15) is 6.04 Å². The SMILES string of the molecule is CCC(C)(C)N1C(=S)N(c2ccc(C(C)=O)cc2)C(=O)C1CC(=O)Nc1ccc2cc[nH]c2c1. The van der Waals surface area contributed by atoms with Gasteiger partial charge in [0.2, 0.25) is 5.91 Å². The summed E-state index contributed by atoms with van der Waals surface area (Å²) in [5.41, 5.74) is 2.28. The van der Waals surface area contributed by atoms with Crippen molar-refractivity contribution < 1.29 is 14.4 Å². The van der Waals surface area contributed by atoms with Crippen LogP contribution >= 0.6 is 12.2 Å². The molecule has 1 aromatic heterocycles. The number of aromatic amines is 1. The minimum absolute atomic E-state index is 0.0345. The zero-order chi connectivity index (χ0) is 24.6. The lowest BCUT2D eigenvalue weighted by molar-refractivity contribution is -0.125. The van der Waals surface area contributed by atoms with Gasteiger partial charge in [-0.15, -0.1) is 0 Å². The smallest absolute Gasteiger partial charge is 0.256 e. The zero-order valence-electron chi connectivity index (χ0n) is 19.7. The van der Waals surface area contributed by atoms with E-state index in [1.54, 1.807) is 24.3 Å². The average molecular weight is 477 g/mol. The van der Waals surface area contributed by atoms with Crippen molar-refractivity contribution in [3.05, 3.63) is 60.3 Å². The van der Waals surface area contributed by atoms with E-state index in [1.165, 1.54) is 11.8 Å². The lowest BCUT2D eigenvalue weighted by Crippen LogP contribution is -2.50. The Morgan fingerprint density at radius 1 is 1.12 bits per heavy atom. The summed E-state index contributed by atoms with van der Waals surface area (Å²) in [7, 11) is 0. The third-order valence-corrected chi connectivity index (χ3v) is 6.86. The number of thiocarbonyl (C=S) groups is 1. The topological polar surface area (TPSA) is 85.5 Å². The number of aromatic nitrogens is 1. The van der Waals surface area contributed by atoms with Crippen molar-refractivity contribution in [2.45, 2.75) is 52.1 Å². The Bertz CT molecular complexity index is 1280. The molecule has 34 heavy (non-hydrogen) atoms. The van der Waals surface area contributed by atoms with Crippen LogP contribution in [0, 0.1) is 0 Å². The fraction of sp³-hybridized carbons (Fsp3) is 0.308. The molecule has 2 aromatic carbocycles. The molecule has 0 bridgehead atoms. The monoisotopic (exact) mass is 476 g/mol. The van der Waals surface area contributed by atoms with Gasteiger partial charge in [-0.1, -0.05) is 13.0 Å². The standard InChI is InChI=1S/C26H28N4O3S/c1-5-26(3,4)30-22(15-23(32)28-19-9-6-18-12-13-27-21(18)14-19)24(33)29(25(30)34)20-10-7-17(8-11-20)16(2)31/h6-14,22,27H,5,15H2,1-4H3,(H,28,32). The number of ketones is 1. The second-order valence-electron chi connectivity index (χ2n) is 9.14. The Kier molecular flexibility index (Phi) is 6.27. The van der Waals surface area contributed by atoms with E-state index >= 15 is 0 Å². The van der Waals surface area contributed by atoms with Crippen molar-refractivity contribution in [3.8, 4) is 0 Å². The van der Waals surface area contributed by atoms with Crippen LogP contribution in [0.15, 0.2) is 54.7 Å². The molecule has 0 aliphatic carbocycles. The number of Topliss-reactive ketones (excluding diaryl/α,β-unsaturated/α-hetero) is 1. The van der Waals surface area contributed by atoms with Crippen LogP contribution in [-0.2, 0) is 9.59 Å². The van der Waals surface area contributed by atoms with Gasteiger partial charge in [-0.25, -0.2) is 0 Å². The Hall–Kier alpha value is -3.52. The Morgan fingerprint density at radius 3 is 2.47 bits per heavy atom. The van der Waals surface area contributed by atoms with Crippen LogP contribution in [0.3, 0.4) is 0 Å². The average Bonchev–Trinajstić information content (AvgIpc) is 3.35. The highest BCUT2D eigenvalue weighted by Crippen LogP contribution is 2.34. The number of nitrogens with zero attached hydrogens (tertiary/aromatic N) is 2. The van der Waals surface area contributed by atoms with Crippen LogP contribution in [0.1, 0.15) is 50.9 Å². The predicted molar refractivity (Wildman–Crippen MR) is 138 cm³/mol. The van der Waals surface area contributed by atoms with E-state index in [4.69, 9.17) is 12.2 Å². The highest BCUT2D eigenvalue weighted by molar-refractivity contribution is 7.80. The fourth-order valence-electron chi connectivity index (χ4n) is 4.22. The first-order chi connectivity index (χ1) is 16.1. The van der Waals surface area contributed by atoms with Gasteiger partial charge in [-0.05, 0) is 87.3 Å². The van der Waals surface area contributed by atoms with Crippen LogP contribution < -0.4 is 10.2 Å². The number of hydrogen-bond acceptors (Lipinski definition) is 4. The van der Waals surface area contributed by atoms with Crippen LogP contribution in [0.2, 0.25) is 0 Å². The number of hydrogen-bond donors (Lipinski definition) is 2. The number of fused-ring (bicyclic) bond motifs is 1. The van der Waals surface area contributed by atoms with E-state index in [2.05, 4.69) is 10.3 Å². The van der Waals surface area contributed by atoms with Crippen molar-refractivity contribution in [1.29, 1.82) is 0 Å². The quantitative estimate of drug-likeness (QED) is 0.375. The molecule has 176 valence electrons. The molecule has 3 aromatic rings. The normalized spacial score (nSPS) is 16.4. The van der Waals surface area contributed by atoms with Crippen molar-refractivity contribution in [1.82, 2.24) is 9.88 Å². The van der Waals surface area contributed by atoms with Gasteiger partial charge in [-0.2, -0.15) is 0 Å². The zero-order valence-corrected chi connectivity index (χ0v) is 20.5. The molecule has 0 spiro atoms. The summed E-state index contributed by atoms with van der Waals surface area (Å²) in [6.07, 6.45) is 2.54. The first-order valence-corrected chi connectivity index (χ1v) is 11.7. The molecule has 4 rings (SSSR count). The van der Waals surface area contributed by atoms with Crippen molar-refractivity contribution in [2.24, 2.45) is 0 Å². The largest absolute Gasteiger partial charge is 0.361 e. The molecule has 0 saturated carbocycles. The van der Waals surface area contributed by atoms with E-state index in [0.29, 0.717) is 22.1 Å². The molecule has 1 aliphatic rings. The molecule has 1 atom stereocenters. The van der Waals surface area contributed by atoms with E-state index < -0.39 is 11.6 Å². The Labute approximate surface area is 204 Å². The van der Waals surface area contributed by atoms with Gasteiger partial charge in [0.15, 0.2) is 10.9 Å². The van der Waals surface area contributed by atoms with Crippen molar-refractivity contribution >= 4 is 57.2 Å². The minimum Gasteiger partial charge on any atom is -0.361 e. The summed E-state index contributed by atoms with van der Waals surface area (Å²) in [6.45, 7) is 7.55. The van der Waals surface area contributed by atoms with E-state index in [1.807, 2.05) is 56.1 Å². The lowest BCUT2D eigenvalue weighted by Gasteiger charge is -2.39. The second-order valence-corrected chi connectivity index (χ2v) is 9.51. The number of benzene rings is 2. The summed E-state index contributed by atoms with van der Waals surface area (Å²) in [4.78, 5) is 44.7. The number of H-pyrrole nitrogens is 1. The van der Waals surface area contributed by atoms with Gasteiger partial charge >= 0.3 is 0 Å². The van der Waals surface area contributed by atoms with Gasteiger partial charge in [0.25, 0.3) is 5.91 Å². The van der Waals surface area contributed by atoms with Gasteiger partial charge in [0.05, 0.1) is 12.1 Å². The number of rotatable bonds is 7. The van der Waals surface area contributed by atoms with Gasteiger partial charge in [-0.3, -0.25) is 19.3 Å². The predicted octanol–water partition coefficient (Wildman–Crippen LogP) is 4.89. The third-order valence-electron chi connectivity index (χ3n) is 6.48. The van der Waals surface area contributed by atoms with Crippen LogP contribution in [0.4, 0.5) is 11.4 Å². The Balaban J connectivity index is 1.60. The third kappa shape index (κ3) is 4.33. The molecule has 2 N–H and O–H groups in total. The maximum atomic E-state index is 13.6. The molecule has 2 heterocycles. The molecule has 7 nitrogen and oxygen atoms in total. The molecule has 8 heteroatoms. The summed E-state index contributed by atoms with van der Waals surface area (Å²) >= 11 is 5.75. The first kappa shape index (κ1) is 23.6. The molecular formula is C26H28N4O3S. The molecule has 2 amide bonds. The summed E-state index contributed by atoms with van der Waals surface area (Å²) in [5.74, 6) is -0.572. The molecule has 0 radical (unpaired) electrons. The molecular weight excluding hydrogens is 448 g/mol. The van der Waals surface area contributed by atoms with E-state index in [9.17, 15) is 14.4 Å². The highest BCUT2D eigenvalue weighted by Gasteiger charge is 2.49. The maximum Gasteiger partial charge on any atom is 0.256 e. The van der Waals surface area contributed by atoms with E-state index in [0.717, 1.165) is 17.3 Å². The van der Waals surface area contributed by atoms with E-state index in [-0.39, 0.29) is 24.0 Å². The second kappa shape index (κ2) is 9.02. The summed E-state index contributed by atoms with van der Waals surface area (Å²) in [5, 5.41) is 4.33. The molecule has 1 fully saturated rings. The van der Waals surface area contributed by atoms with Crippen LogP contribution in [-0.4, -0.2) is 44.2 Å². The minimum atomic E-state index is -0.732. The highest BCUT2D eigenvalue weighted by atomic mass is 32.1. The van der Waals surface area contributed by atoms with Crippen LogP contribution in [0.5, 0.6) is 0 Å². The number of carbonyl (C=O) groups is 3. The van der Waals surface area contributed by atoms with Gasteiger partial charge in [0, 0.05) is 28.5 Å². The van der Waals surface area contributed by atoms with Crippen molar-refractivity contribution in [2.75, 3.05) is 10.2 Å². The van der Waals surface area contributed by atoms with Crippen molar-refractivity contribution in [3.63, 3.8) is 0 Å². The van der Waals surface area contributed by atoms with Gasteiger partial charge < -0.3 is 15.2 Å². The lowest BCUT2D eigenvalue weighted by atomic mass is 9.97. The Morgan fingerprint density at radius 2 is 1.82 bits per heavy atom.